The molecular weight excluding hydrogens is 769 g/mol. The predicted octanol–water partition coefficient (Wildman–Crippen LogP) is 14.2. The van der Waals surface area contributed by atoms with Gasteiger partial charge in [0.15, 0.2) is 5.82 Å². The maximum absolute atomic E-state index is 5.40. The number of aromatic nitrogens is 6. The summed E-state index contributed by atoms with van der Waals surface area (Å²) < 4.78 is 6.74. The second-order valence-electron chi connectivity index (χ2n) is 16.1. The molecule has 0 aliphatic carbocycles. The van der Waals surface area contributed by atoms with Crippen molar-refractivity contribution in [1.82, 2.24) is 28.7 Å². The van der Waals surface area contributed by atoms with Gasteiger partial charge in [-0.25, -0.2) is 0 Å². The van der Waals surface area contributed by atoms with Crippen molar-refractivity contribution in [2.24, 2.45) is 0 Å². The fourth-order valence-electron chi connectivity index (χ4n) is 9.68. The molecule has 0 amide bonds. The van der Waals surface area contributed by atoms with Gasteiger partial charge in [-0.2, -0.15) is 15.0 Å². The van der Waals surface area contributed by atoms with Crippen LogP contribution in [-0.2, 0) is 0 Å². The highest BCUT2D eigenvalue weighted by atomic mass is 15.3. The molecule has 0 aliphatic heterocycles. The Morgan fingerprint density at radius 2 is 0.635 bits per heavy atom. The van der Waals surface area contributed by atoms with Crippen molar-refractivity contribution in [3.05, 3.63) is 218 Å². The first-order valence-corrected chi connectivity index (χ1v) is 21.3. The molecule has 0 aliphatic rings. The lowest BCUT2D eigenvalue weighted by molar-refractivity contribution is 0.893. The number of benzene rings is 9. The molecule has 0 fully saturated rings. The molecule has 0 N–H and O–H groups in total. The Balaban J connectivity index is 1.02. The normalized spacial score (nSPS) is 11.8. The summed E-state index contributed by atoms with van der Waals surface area (Å²) in [7, 11) is 0. The molecule has 9 aromatic carbocycles. The van der Waals surface area contributed by atoms with E-state index >= 15 is 0 Å². The average molecular weight is 805 g/mol. The quantitative estimate of drug-likeness (QED) is 0.168. The second-order valence-corrected chi connectivity index (χ2v) is 16.1. The number of rotatable bonds is 6. The summed E-state index contributed by atoms with van der Waals surface area (Å²) in [5.41, 5.74) is 13.0. The second kappa shape index (κ2) is 14.0. The third kappa shape index (κ3) is 5.55. The summed E-state index contributed by atoms with van der Waals surface area (Å²) in [4.78, 5) is 16.1. The summed E-state index contributed by atoms with van der Waals surface area (Å²) in [6.07, 6.45) is 0. The SMILES string of the molecule is c1ccc(-c2ccc3c(c2)c2ccccc2n3-c2nc(-c3cccc(-c4cccc(-n5c6ccccc6c6ccccc65)c4)c3)nc(-n3c4ccccc4c4ccccc43)n2)cc1. The average Bonchev–Trinajstić information content (AvgIpc) is 4.00. The molecule has 0 atom stereocenters. The van der Waals surface area contributed by atoms with Gasteiger partial charge in [0.2, 0.25) is 11.9 Å². The van der Waals surface area contributed by atoms with Crippen molar-refractivity contribution in [1.29, 1.82) is 0 Å². The smallest absolute Gasteiger partial charge is 0.240 e. The van der Waals surface area contributed by atoms with E-state index in [1.807, 2.05) is 0 Å². The van der Waals surface area contributed by atoms with Crippen LogP contribution < -0.4 is 0 Å². The predicted molar refractivity (Wildman–Crippen MR) is 259 cm³/mol. The lowest BCUT2D eigenvalue weighted by Gasteiger charge is -2.13. The van der Waals surface area contributed by atoms with Crippen LogP contribution in [0.15, 0.2) is 218 Å². The molecule has 0 saturated carbocycles. The highest BCUT2D eigenvalue weighted by Gasteiger charge is 2.21. The minimum Gasteiger partial charge on any atom is -0.309 e. The minimum absolute atomic E-state index is 0.550. The zero-order valence-electron chi connectivity index (χ0n) is 34.0. The number of fused-ring (bicyclic) bond motifs is 9. The number of hydrogen-bond donors (Lipinski definition) is 0. The van der Waals surface area contributed by atoms with Gasteiger partial charge in [-0.05, 0) is 82.9 Å². The number of hydrogen-bond acceptors (Lipinski definition) is 3. The van der Waals surface area contributed by atoms with Crippen LogP contribution in [0.5, 0.6) is 0 Å². The lowest BCUT2D eigenvalue weighted by Crippen LogP contribution is -2.10. The zero-order chi connectivity index (χ0) is 41.4. The Hall–Kier alpha value is -8.61. The molecule has 4 heterocycles. The third-order valence-corrected chi connectivity index (χ3v) is 12.5. The third-order valence-electron chi connectivity index (χ3n) is 12.5. The van der Waals surface area contributed by atoms with Crippen molar-refractivity contribution in [2.45, 2.75) is 0 Å². The molecule has 4 aromatic heterocycles. The van der Waals surface area contributed by atoms with Crippen LogP contribution in [0.2, 0.25) is 0 Å². The molecule has 13 rings (SSSR count). The standard InChI is InChI=1S/C57H36N6/c1-2-16-37(17-3-1)40-32-33-54-48(36-40)47-26-8-13-31-53(47)63(54)57-59-55(58-56(60-57)62-51-29-11-6-24-45(51)46-25-7-12-30-52(46)62)41-20-14-18-38(34-41)39-19-15-21-42(35-39)61-49-27-9-4-22-43(49)44-23-5-10-28-50(44)61/h1-36H. The fraction of sp³-hybridized carbons (Fsp3) is 0. The van der Waals surface area contributed by atoms with E-state index in [1.54, 1.807) is 0 Å². The van der Waals surface area contributed by atoms with Gasteiger partial charge in [0.05, 0.1) is 33.1 Å². The van der Waals surface area contributed by atoms with Crippen LogP contribution in [-0.4, -0.2) is 28.7 Å². The topological polar surface area (TPSA) is 53.5 Å². The van der Waals surface area contributed by atoms with E-state index in [0.717, 1.165) is 71.6 Å². The highest BCUT2D eigenvalue weighted by Crippen LogP contribution is 2.38. The molecule has 13 aromatic rings. The van der Waals surface area contributed by atoms with E-state index in [2.05, 4.69) is 232 Å². The molecular formula is C57H36N6. The van der Waals surface area contributed by atoms with Gasteiger partial charge in [0, 0.05) is 43.6 Å². The summed E-state index contributed by atoms with van der Waals surface area (Å²) in [5, 5.41) is 7.04. The highest BCUT2D eigenvalue weighted by molar-refractivity contribution is 6.11. The van der Waals surface area contributed by atoms with Crippen molar-refractivity contribution in [3.63, 3.8) is 0 Å². The van der Waals surface area contributed by atoms with Crippen LogP contribution >= 0.6 is 0 Å². The molecule has 6 nitrogen and oxygen atoms in total. The molecule has 0 spiro atoms. The van der Waals surface area contributed by atoms with E-state index < -0.39 is 0 Å². The van der Waals surface area contributed by atoms with Gasteiger partial charge in [0.1, 0.15) is 0 Å². The van der Waals surface area contributed by atoms with E-state index in [9.17, 15) is 0 Å². The molecule has 63 heavy (non-hydrogen) atoms. The van der Waals surface area contributed by atoms with Crippen LogP contribution in [0, 0.1) is 0 Å². The van der Waals surface area contributed by atoms with E-state index in [-0.39, 0.29) is 0 Å². The summed E-state index contributed by atoms with van der Waals surface area (Å²) in [5.74, 6) is 1.69. The summed E-state index contributed by atoms with van der Waals surface area (Å²) in [6, 6.07) is 77.4. The first-order chi connectivity index (χ1) is 31.2. The van der Waals surface area contributed by atoms with E-state index in [1.165, 1.54) is 27.4 Å². The number of para-hydroxylation sites is 5. The maximum Gasteiger partial charge on any atom is 0.240 e. The fourth-order valence-corrected chi connectivity index (χ4v) is 9.68. The molecule has 0 bridgehead atoms. The van der Waals surface area contributed by atoms with Crippen LogP contribution in [0.3, 0.4) is 0 Å². The summed E-state index contributed by atoms with van der Waals surface area (Å²) >= 11 is 0. The first-order valence-electron chi connectivity index (χ1n) is 21.3. The first kappa shape index (κ1) is 35.2. The largest absolute Gasteiger partial charge is 0.309 e. The van der Waals surface area contributed by atoms with E-state index in [0.29, 0.717) is 17.7 Å². The monoisotopic (exact) mass is 804 g/mol. The Morgan fingerprint density at radius 1 is 0.238 bits per heavy atom. The molecule has 0 unspecified atom stereocenters. The van der Waals surface area contributed by atoms with Crippen molar-refractivity contribution < 1.29 is 0 Å². The molecule has 0 radical (unpaired) electrons. The van der Waals surface area contributed by atoms with Crippen LogP contribution in [0.1, 0.15) is 0 Å². The maximum atomic E-state index is 5.40. The van der Waals surface area contributed by atoms with Crippen molar-refractivity contribution in [3.8, 4) is 51.2 Å². The van der Waals surface area contributed by atoms with Crippen LogP contribution in [0.25, 0.3) is 117 Å². The molecule has 294 valence electrons. The Bertz CT molecular complexity index is 3820. The zero-order valence-corrected chi connectivity index (χ0v) is 34.0. The minimum atomic E-state index is 0.550. The lowest BCUT2D eigenvalue weighted by atomic mass is 10.0. The Labute approximate surface area is 362 Å². The Kier molecular flexibility index (Phi) is 7.80. The molecule has 0 saturated heterocycles. The number of nitrogens with zero attached hydrogens (tertiary/aromatic N) is 6. The van der Waals surface area contributed by atoms with Gasteiger partial charge in [0.25, 0.3) is 0 Å². The summed E-state index contributed by atoms with van der Waals surface area (Å²) in [6.45, 7) is 0. The Morgan fingerprint density at radius 3 is 1.19 bits per heavy atom. The van der Waals surface area contributed by atoms with Crippen molar-refractivity contribution in [2.75, 3.05) is 0 Å². The van der Waals surface area contributed by atoms with Gasteiger partial charge < -0.3 is 4.57 Å². The van der Waals surface area contributed by atoms with Gasteiger partial charge in [-0.3, -0.25) is 9.13 Å². The van der Waals surface area contributed by atoms with Gasteiger partial charge in [-0.15, -0.1) is 0 Å². The van der Waals surface area contributed by atoms with E-state index in [4.69, 9.17) is 15.0 Å². The van der Waals surface area contributed by atoms with Crippen molar-refractivity contribution >= 4 is 65.4 Å². The molecule has 6 heteroatoms. The van der Waals surface area contributed by atoms with Crippen LogP contribution in [0.4, 0.5) is 0 Å². The van der Waals surface area contributed by atoms with Gasteiger partial charge >= 0.3 is 0 Å². The van der Waals surface area contributed by atoms with Gasteiger partial charge in [-0.1, -0.05) is 158 Å².